The first-order chi connectivity index (χ1) is 6.00. The van der Waals surface area contributed by atoms with Gasteiger partial charge in [0.1, 0.15) is 0 Å². The van der Waals surface area contributed by atoms with E-state index in [0.717, 1.165) is 11.1 Å². The van der Waals surface area contributed by atoms with Gasteiger partial charge in [-0.25, -0.2) is 0 Å². The van der Waals surface area contributed by atoms with Gasteiger partial charge in [-0.3, -0.25) is 0 Å². The number of hydrogen-bond acceptors (Lipinski definition) is 2. The van der Waals surface area contributed by atoms with Crippen LogP contribution in [-0.4, -0.2) is 11.2 Å². The standard InChI is InChI=1S/C10H14ClNO/c1-6-3-8(5-9(11)4-6)10(12)7(2)13/h3-5,7,10,13H,12H2,1-2H3/t7?,10-/m1/s1. The number of rotatable bonds is 2. The monoisotopic (exact) mass is 199 g/mol. The van der Waals surface area contributed by atoms with E-state index in [1.165, 1.54) is 0 Å². The Morgan fingerprint density at radius 1 is 1.38 bits per heavy atom. The van der Waals surface area contributed by atoms with E-state index < -0.39 is 6.10 Å². The third kappa shape index (κ3) is 2.69. The average Bonchev–Trinajstić information content (AvgIpc) is 2.01. The summed E-state index contributed by atoms with van der Waals surface area (Å²) in [5, 5.41) is 9.95. The average molecular weight is 200 g/mol. The minimum absolute atomic E-state index is 0.364. The Bertz CT molecular complexity index is 279. The second-order valence-corrected chi connectivity index (χ2v) is 3.76. The van der Waals surface area contributed by atoms with Crippen LogP contribution in [0.4, 0.5) is 0 Å². The van der Waals surface area contributed by atoms with Gasteiger partial charge in [0, 0.05) is 5.02 Å². The summed E-state index contributed by atoms with van der Waals surface area (Å²) in [6.45, 7) is 3.62. The fourth-order valence-corrected chi connectivity index (χ4v) is 1.53. The first-order valence-electron chi connectivity index (χ1n) is 4.21. The normalized spacial score (nSPS) is 15.5. The molecular weight excluding hydrogens is 186 g/mol. The Morgan fingerprint density at radius 3 is 2.46 bits per heavy atom. The number of hydrogen-bond donors (Lipinski definition) is 2. The van der Waals surface area contributed by atoms with Gasteiger partial charge in [-0.2, -0.15) is 0 Å². The van der Waals surface area contributed by atoms with Crippen LogP contribution in [0, 0.1) is 6.92 Å². The van der Waals surface area contributed by atoms with Crippen molar-refractivity contribution in [2.75, 3.05) is 0 Å². The highest BCUT2D eigenvalue weighted by atomic mass is 35.5. The molecule has 0 aliphatic heterocycles. The molecule has 0 saturated heterocycles. The molecule has 0 aliphatic rings. The van der Waals surface area contributed by atoms with Gasteiger partial charge in [-0.1, -0.05) is 17.7 Å². The topological polar surface area (TPSA) is 46.2 Å². The zero-order valence-electron chi connectivity index (χ0n) is 7.79. The van der Waals surface area contributed by atoms with Gasteiger partial charge < -0.3 is 10.8 Å². The number of benzene rings is 1. The Balaban J connectivity index is 3.01. The van der Waals surface area contributed by atoms with E-state index in [0.29, 0.717) is 5.02 Å². The fourth-order valence-electron chi connectivity index (χ4n) is 1.24. The maximum absolute atomic E-state index is 9.29. The number of aliphatic hydroxyl groups is 1. The molecule has 1 aromatic rings. The molecule has 0 bridgehead atoms. The van der Waals surface area contributed by atoms with Crippen molar-refractivity contribution in [3.05, 3.63) is 34.3 Å². The summed E-state index contributed by atoms with van der Waals surface area (Å²) in [5.41, 5.74) is 7.70. The Labute approximate surface area is 83.3 Å². The largest absolute Gasteiger partial charge is 0.391 e. The Kier molecular flexibility index (Phi) is 3.31. The van der Waals surface area contributed by atoms with Crippen molar-refractivity contribution in [1.29, 1.82) is 0 Å². The van der Waals surface area contributed by atoms with E-state index >= 15 is 0 Å². The molecule has 0 amide bonds. The third-order valence-electron chi connectivity index (χ3n) is 1.97. The molecule has 0 fully saturated rings. The van der Waals surface area contributed by atoms with Crippen LogP contribution in [-0.2, 0) is 0 Å². The second-order valence-electron chi connectivity index (χ2n) is 3.33. The van der Waals surface area contributed by atoms with Crippen LogP contribution in [0.5, 0.6) is 0 Å². The molecule has 3 heteroatoms. The van der Waals surface area contributed by atoms with Gasteiger partial charge >= 0.3 is 0 Å². The lowest BCUT2D eigenvalue weighted by Gasteiger charge is -2.15. The van der Waals surface area contributed by atoms with E-state index in [4.69, 9.17) is 17.3 Å². The molecule has 13 heavy (non-hydrogen) atoms. The van der Waals surface area contributed by atoms with Crippen LogP contribution in [0.15, 0.2) is 18.2 Å². The highest BCUT2D eigenvalue weighted by molar-refractivity contribution is 6.30. The minimum Gasteiger partial charge on any atom is -0.391 e. The first kappa shape index (κ1) is 10.5. The third-order valence-corrected chi connectivity index (χ3v) is 2.19. The summed E-state index contributed by atoms with van der Waals surface area (Å²) in [6, 6.07) is 5.21. The van der Waals surface area contributed by atoms with Crippen molar-refractivity contribution < 1.29 is 5.11 Å². The molecule has 0 aromatic heterocycles. The summed E-state index contributed by atoms with van der Waals surface area (Å²) in [4.78, 5) is 0. The van der Waals surface area contributed by atoms with Gasteiger partial charge in [-0.15, -0.1) is 0 Å². The summed E-state index contributed by atoms with van der Waals surface area (Å²) in [7, 11) is 0. The molecule has 0 spiro atoms. The number of aliphatic hydroxyl groups excluding tert-OH is 1. The zero-order chi connectivity index (χ0) is 10.0. The van der Waals surface area contributed by atoms with E-state index in [2.05, 4.69) is 0 Å². The molecule has 3 N–H and O–H groups in total. The van der Waals surface area contributed by atoms with Gasteiger partial charge in [0.05, 0.1) is 12.1 Å². The van der Waals surface area contributed by atoms with Crippen LogP contribution >= 0.6 is 11.6 Å². The Morgan fingerprint density at radius 2 is 2.00 bits per heavy atom. The molecule has 1 rings (SSSR count). The molecule has 1 unspecified atom stereocenters. The summed E-state index contributed by atoms with van der Waals surface area (Å²) in [5.74, 6) is 0. The van der Waals surface area contributed by atoms with Gasteiger partial charge in [-0.05, 0) is 37.1 Å². The van der Waals surface area contributed by atoms with Crippen LogP contribution in [0.2, 0.25) is 5.02 Å². The van der Waals surface area contributed by atoms with Gasteiger partial charge in [0.2, 0.25) is 0 Å². The predicted octanol–water partition coefficient (Wildman–Crippen LogP) is 2.03. The van der Waals surface area contributed by atoms with Crippen molar-refractivity contribution in [2.45, 2.75) is 26.0 Å². The van der Waals surface area contributed by atoms with Crippen LogP contribution in [0.1, 0.15) is 24.1 Å². The highest BCUT2D eigenvalue weighted by Gasteiger charge is 2.12. The van der Waals surface area contributed by atoms with Crippen molar-refractivity contribution in [3.8, 4) is 0 Å². The summed E-state index contributed by atoms with van der Waals surface area (Å²) in [6.07, 6.45) is -0.558. The second kappa shape index (κ2) is 4.09. The molecular formula is C10H14ClNO. The number of aryl methyl sites for hydroxylation is 1. The molecule has 72 valence electrons. The van der Waals surface area contributed by atoms with Crippen LogP contribution in [0.25, 0.3) is 0 Å². The van der Waals surface area contributed by atoms with Crippen LogP contribution < -0.4 is 5.73 Å². The maximum Gasteiger partial charge on any atom is 0.0704 e. The van der Waals surface area contributed by atoms with Crippen molar-refractivity contribution in [3.63, 3.8) is 0 Å². The molecule has 0 radical (unpaired) electrons. The van der Waals surface area contributed by atoms with Crippen molar-refractivity contribution >= 4 is 11.6 Å². The van der Waals surface area contributed by atoms with Crippen LogP contribution in [0.3, 0.4) is 0 Å². The molecule has 0 heterocycles. The molecule has 0 saturated carbocycles. The minimum atomic E-state index is -0.558. The summed E-state index contributed by atoms with van der Waals surface area (Å²) >= 11 is 5.86. The number of halogens is 1. The smallest absolute Gasteiger partial charge is 0.0704 e. The summed E-state index contributed by atoms with van der Waals surface area (Å²) < 4.78 is 0. The fraction of sp³-hybridized carbons (Fsp3) is 0.400. The SMILES string of the molecule is Cc1cc(Cl)cc([C@H](N)C(C)O)c1. The number of nitrogens with two attached hydrogens (primary N) is 1. The van der Waals surface area contributed by atoms with E-state index in [1.54, 1.807) is 13.0 Å². The van der Waals surface area contributed by atoms with Gasteiger partial charge in [0.15, 0.2) is 0 Å². The first-order valence-corrected chi connectivity index (χ1v) is 4.59. The Hall–Kier alpha value is -0.570. The van der Waals surface area contributed by atoms with Crippen molar-refractivity contribution in [1.82, 2.24) is 0 Å². The molecule has 2 atom stereocenters. The molecule has 0 aliphatic carbocycles. The highest BCUT2D eigenvalue weighted by Crippen LogP contribution is 2.20. The maximum atomic E-state index is 9.29. The predicted molar refractivity (Wildman–Crippen MR) is 54.8 cm³/mol. The van der Waals surface area contributed by atoms with E-state index in [9.17, 15) is 5.11 Å². The zero-order valence-corrected chi connectivity index (χ0v) is 8.55. The van der Waals surface area contributed by atoms with E-state index in [-0.39, 0.29) is 6.04 Å². The lowest BCUT2D eigenvalue weighted by Crippen LogP contribution is -2.23. The lowest BCUT2D eigenvalue weighted by molar-refractivity contribution is 0.164. The van der Waals surface area contributed by atoms with E-state index in [1.807, 2.05) is 19.1 Å². The molecule has 1 aromatic carbocycles. The quantitative estimate of drug-likeness (QED) is 0.766. The molecule has 2 nitrogen and oxygen atoms in total. The van der Waals surface area contributed by atoms with Crippen molar-refractivity contribution in [2.24, 2.45) is 5.73 Å². The lowest BCUT2D eigenvalue weighted by atomic mass is 10.0. The van der Waals surface area contributed by atoms with Gasteiger partial charge in [0.25, 0.3) is 0 Å².